The molecule has 1 aromatic rings. The molecule has 0 heterocycles. The van der Waals surface area contributed by atoms with Crippen LogP contribution in [0.3, 0.4) is 0 Å². The molecular formula is C18H29NO. The molecule has 1 aliphatic rings. The van der Waals surface area contributed by atoms with Crippen molar-refractivity contribution in [3.63, 3.8) is 0 Å². The zero-order chi connectivity index (χ0) is 14.2. The maximum absolute atomic E-state index is 5.69. The fourth-order valence-corrected chi connectivity index (χ4v) is 2.94. The zero-order valence-electron chi connectivity index (χ0n) is 13.0. The van der Waals surface area contributed by atoms with Crippen LogP contribution in [0.2, 0.25) is 0 Å². The summed E-state index contributed by atoms with van der Waals surface area (Å²) in [5, 5.41) is 3.67. The predicted molar refractivity (Wildman–Crippen MR) is 85.1 cm³/mol. The van der Waals surface area contributed by atoms with E-state index in [1.54, 1.807) is 0 Å². The van der Waals surface area contributed by atoms with Crippen molar-refractivity contribution in [1.29, 1.82) is 0 Å². The number of hydrogen-bond acceptors (Lipinski definition) is 2. The third-order valence-corrected chi connectivity index (χ3v) is 4.43. The molecule has 2 rings (SSSR count). The Morgan fingerprint density at radius 3 is 2.55 bits per heavy atom. The fourth-order valence-electron chi connectivity index (χ4n) is 2.94. The van der Waals surface area contributed by atoms with E-state index in [-0.39, 0.29) is 0 Å². The molecule has 1 fully saturated rings. The van der Waals surface area contributed by atoms with Crippen molar-refractivity contribution in [2.75, 3.05) is 6.61 Å². The third kappa shape index (κ3) is 4.82. The Morgan fingerprint density at radius 1 is 1.20 bits per heavy atom. The summed E-state index contributed by atoms with van der Waals surface area (Å²) in [6.07, 6.45) is 7.95. The molecule has 0 amide bonds. The largest absolute Gasteiger partial charge is 0.494 e. The summed E-state index contributed by atoms with van der Waals surface area (Å²) in [5.41, 5.74) is 1.35. The molecule has 20 heavy (non-hydrogen) atoms. The van der Waals surface area contributed by atoms with Gasteiger partial charge >= 0.3 is 0 Å². The molecule has 1 aromatic carbocycles. The van der Waals surface area contributed by atoms with E-state index in [2.05, 4.69) is 43.4 Å². The van der Waals surface area contributed by atoms with Crippen molar-refractivity contribution in [3.05, 3.63) is 29.8 Å². The number of rotatable bonds is 8. The van der Waals surface area contributed by atoms with Crippen LogP contribution in [-0.4, -0.2) is 12.6 Å². The molecule has 0 saturated heterocycles. The highest BCUT2D eigenvalue weighted by Gasteiger charge is 2.20. The van der Waals surface area contributed by atoms with E-state index in [1.807, 2.05) is 0 Å². The van der Waals surface area contributed by atoms with E-state index in [0.717, 1.165) is 31.2 Å². The van der Waals surface area contributed by atoms with Gasteiger partial charge in [0, 0.05) is 12.6 Å². The summed E-state index contributed by atoms with van der Waals surface area (Å²) in [6, 6.07) is 9.17. The second kappa shape index (κ2) is 8.31. The number of benzene rings is 1. The van der Waals surface area contributed by atoms with Crippen molar-refractivity contribution in [2.24, 2.45) is 5.92 Å². The van der Waals surface area contributed by atoms with Gasteiger partial charge in [0.15, 0.2) is 0 Å². The first kappa shape index (κ1) is 15.4. The standard InChI is InChI=1S/C18H29NO/c1-3-4-13-20-18-11-9-16(10-12-18)14-19-15(2)17-7-5-6-8-17/h9-12,15,17,19H,3-8,13-14H2,1-2H3. The minimum absolute atomic E-state index is 0.637. The van der Waals surface area contributed by atoms with Crippen LogP contribution >= 0.6 is 0 Å². The lowest BCUT2D eigenvalue weighted by Crippen LogP contribution is -2.31. The van der Waals surface area contributed by atoms with Gasteiger partial charge in [0.05, 0.1) is 6.61 Å². The topological polar surface area (TPSA) is 21.3 Å². The highest BCUT2D eigenvalue weighted by molar-refractivity contribution is 5.27. The second-order valence-corrected chi connectivity index (χ2v) is 6.06. The maximum atomic E-state index is 5.69. The van der Waals surface area contributed by atoms with E-state index in [4.69, 9.17) is 4.74 Å². The van der Waals surface area contributed by atoms with Crippen LogP contribution in [0.25, 0.3) is 0 Å². The van der Waals surface area contributed by atoms with Gasteiger partial charge in [0.1, 0.15) is 5.75 Å². The number of hydrogen-bond donors (Lipinski definition) is 1. The van der Waals surface area contributed by atoms with Gasteiger partial charge in [-0.05, 0) is 49.8 Å². The van der Waals surface area contributed by atoms with Gasteiger partial charge < -0.3 is 10.1 Å². The average molecular weight is 275 g/mol. The molecule has 1 saturated carbocycles. The number of nitrogens with one attached hydrogen (secondary N) is 1. The van der Waals surface area contributed by atoms with Crippen LogP contribution in [0, 0.1) is 5.92 Å². The van der Waals surface area contributed by atoms with Gasteiger partial charge in [-0.25, -0.2) is 0 Å². The van der Waals surface area contributed by atoms with Crippen LogP contribution < -0.4 is 10.1 Å². The Hall–Kier alpha value is -1.02. The molecule has 1 aliphatic carbocycles. The molecule has 2 heteroatoms. The van der Waals surface area contributed by atoms with Gasteiger partial charge in [-0.15, -0.1) is 0 Å². The second-order valence-electron chi connectivity index (χ2n) is 6.06. The van der Waals surface area contributed by atoms with Crippen molar-refractivity contribution < 1.29 is 4.74 Å². The first-order valence-corrected chi connectivity index (χ1v) is 8.24. The predicted octanol–water partition coefficient (Wildman–Crippen LogP) is 4.53. The molecule has 1 N–H and O–H groups in total. The van der Waals surface area contributed by atoms with Crippen LogP contribution in [0.15, 0.2) is 24.3 Å². The van der Waals surface area contributed by atoms with E-state index in [9.17, 15) is 0 Å². The summed E-state index contributed by atoms with van der Waals surface area (Å²) in [7, 11) is 0. The molecule has 1 atom stereocenters. The van der Waals surface area contributed by atoms with E-state index in [1.165, 1.54) is 37.7 Å². The Kier molecular flexibility index (Phi) is 6.38. The quantitative estimate of drug-likeness (QED) is 0.704. The average Bonchev–Trinajstić information content (AvgIpc) is 3.01. The lowest BCUT2D eigenvalue weighted by molar-refractivity contribution is 0.309. The molecule has 2 nitrogen and oxygen atoms in total. The summed E-state index contributed by atoms with van der Waals surface area (Å²) in [4.78, 5) is 0. The summed E-state index contributed by atoms with van der Waals surface area (Å²) < 4.78 is 5.69. The van der Waals surface area contributed by atoms with Gasteiger partial charge in [0.25, 0.3) is 0 Å². The zero-order valence-corrected chi connectivity index (χ0v) is 13.0. The molecule has 1 unspecified atom stereocenters. The summed E-state index contributed by atoms with van der Waals surface area (Å²) in [6.45, 7) is 6.31. The number of unbranched alkanes of at least 4 members (excludes halogenated alkanes) is 1. The number of ether oxygens (including phenoxy) is 1. The van der Waals surface area contributed by atoms with Crippen LogP contribution in [0.5, 0.6) is 5.75 Å². The molecular weight excluding hydrogens is 246 g/mol. The first-order chi connectivity index (χ1) is 9.79. The normalized spacial score (nSPS) is 17.3. The van der Waals surface area contributed by atoms with E-state index in [0.29, 0.717) is 6.04 Å². The van der Waals surface area contributed by atoms with Crippen LogP contribution in [0.1, 0.15) is 57.9 Å². The highest BCUT2D eigenvalue weighted by atomic mass is 16.5. The van der Waals surface area contributed by atoms with Crippen molar-refractivity contribution in [3.8, 4) is 5.75 Å². The highest BCUT2D eigenvalue weighted by Crippen LogP contribution is 2.27. The van der Waals surface area contributed by atoms with E-state index < -0.39 is 0 Å². The van der Waals surface area contributed by atoms with Crippen molar-refractivity contribution in [2.45, 2.75) is 65.0 Å². The maximum Gasteiger partial charge on any atom is 0.119 e. The molecule has 0 aliphatic heterocycles. The van der Waals surface area contributed by atoms with E-state index >= 15 is 0 Å². The molecule has 0 radical (unpaired) electrons. The lowest BCUT2D eigenvalue weighted by atomic mass is 9.99. The fraction of sp³-hybridized carbons (Fsp3) is 0.667. The van der Waals surface area contributed by atoms with Crippen LogP contribution in [0.4, 0.5) is 0 Å². The van der Waals surface area contributed by atoms with Crippen LogP contribution in [-0.2, 0) is 6.54 Å². The Bertz CT molecular complexity index is 368. The van der Waals surface area contributed by atoms with Gasteiger partial charge in [-0.3, -0.25) is 0 Å². The Balaban J connectivity index is 1.72. The minimum Gasteiger partial charge on any atom is -0.494 e. The smallest absolute Gasteiger partial charge is 0.119 e. The molecule has 0 aromatic heterocycles. The monoisotopic (exact) mass is 275 g/mol. The summed E-state index contributed by atoms with van der Waals surface area (Å²) >= 11 is 0. The van der Waals surface area contributed by atoms with Crippen molar-refractivity contribution in [1.82, 2.24) is 5.32 Å². The van der Waals surface area contributed by atoms with Gasteiger partial charge in [-0.1, -0.05) is 38.3 Å². The lowest BCUT2D eigenvalue weighted by Gasteiger charge is -2.20. The molecule has 0 bridgehead atoms. The first-order valence-electron chi connectivity index (χ1n) is 8.24. The molecule has 112 valence electrons. The van der Waals surface area contributed by atoms with Crippen molar-refractivity contribution >= 4 is 0 Å². The van der Waals surface area contributed by atoms with Gasteiger partial charge in [0.2, 0.25) is 0 Å². The molecule has 0 spiro atoms. The minimum atomic E-state index is 0.637. The summed E-state index contributed by atoms with van der Waals surface area (Å²) in [5.74, 6) is 1.87. The Morgan fingerprint density at radius 2 is 1.90 bits per heavy atom. The third-order valence-electron chi connectivity index (χ3n) is 4.43. The Labute approximate surface area is 123 Å². The SMILES string of the molecule is CCCCOc1ccc(CNC(C)C2CCCC2)cc1. The van der Waals surface area contributed by atoms with Gasteiger partial charge in [-0.2, -0.15) is 0 Å².